The summed E-state index contributed by atoms with van der Waals surface area (Å²) in [7, 11) is 0. The molecule has 0 saturated heterocycles. The van der Waals surface area contributed by atoms with E-state index in [1.54, 1.807) is 0 Å². The summed E-state index contributed by atoms with van der Waals surface area (Å²) >= 11 is 0. The molecule has 1 fully saturated rings. The summed E-state index contributed by atoms with van der Waals surface area (Å²) < 4.78 is 5.80. The van der Waals surface area contributed by atoms with Crippen molar-refractivity contribution < 1.29 is 4.74 Å². The second-order valence-corrected chi connectivity index (χ2v) is 7.19. The first-order valence-electron chi connectivity index (χ1n) is 8.08. The van der Waals surface area contributed by atoms with Crippen molar-refractivity contribution in [3.63, 3.8) is 0 Å². The number of ether oxygens (including phenoxy) is 1. The number of para-hydroxylation sites is 1. The molecule has 1 aromatic carbocycles. The summed E-state index contributed by atoms with van der Waals surface area (Å²) in [5.41, 5.74) is 8.09. The highest BCUT2D eigenvalue weighted by Crippen LogP contribution is 2.43. The van der Waals surface area contributed by atoms with Crippen molar-refractivity contribution in [1.29, 1.82) is 0 Å². The van der Waals surface area contributed by atoms with Crippen LogP contribution in [0.1, 0.15) is 57.4 Å². The number of nitrogens with two attached hydrogens (primary N) is 1. The third-order valence-electron chi connectivity index (χ3n) is 5.42. The van der Waals surface area contributed by atoms with Crippen molar-refractivity contribution in [3.8, 4) is 5.75 Å². The average Bonchev–Trinajstić information content (AvgIpc) is 2.82. The molecular formula is C18H27NO. The van der Waals surface area contributed by atoms with E-state index in [0.29, 0.717) is 5.92 Å². The maximum atomic E-state index is 6.70. The first-order valence-corrected chi connectivity index (χ1v) is 8.08. The topological polar surface area (TPSA) is 35.2 Å². The van der Waals surface area contributed by atoms with Crippen LogP contribution in [0.15, 0.2) is 24.3 Å². The lowest BCUT2D eigenvalue weighted by Gasteiger charge is -2.40. The molecule has 2 heteroatoms. The molecule has 2 nitrogen and oxygen atoms in total. The molecular weight excluding hydrogens is 246 g/mol. The Morgan fingerprint density at radius 2 is 1.95 bits per heavy atom. The van der Waals surface area contributed by atoms with Gasteiger partial charge in [0.05, 0.1) is 6.61 Å². The van der Waals surface area contributed by atoms with Crippen molar-refractivity contribution in [3.05, 3.63) is 29.8 Å². The van der Waals surface area contributed by atoms with E-state index in [1.165, 1.54) is 31.2 Å². The van der Waals surface area contributed by atoms with Crippen molar-refractivity contribution in [1.82, 2.24) is 0 Å². The van der Waals surface area contributed by atoms with Gasteiger partial charge in [-0.05, 0) is 50.0 Å². The first kappa shape index (κ1) is 13.9. The van der Waals surface area contributed by atoms with E-state index in [1.807, 2.05) is 6.07 Å². The quantitative estimate of drug-likeness (QED) is 0.900. The van der Waals surface area contributed by atoms with Gasteiger partial charge in [0, 0.05) is 17.0 Å². The van der Waals surface area contributed by atoms with E-state index >= 15 is 0 Å². The molecule has 1 aliphatic carbocycles. The largest absolute Gasteiger partial charge is 0.493 e. The van der Waals surface area contributed by atoms with E-state index in [9.17, 15) is 0 Å². The summed E-state index contributed by atoms with van der Waals surface area (Å²) in [4.78, 5) is 0. The van der Waals surface area contributed by atoms with Gasteiger partial charge in [0.25, 0.3) is 0 Å². The number of hydrogen-bond donors (Lipinski definition) is 1. The van der Waals surface area contributed by atoms with Crippen LogP contribution in [0.2, 0.25) is 0 Å². The van der Waals surface area contributed by atoms with Gasteiger partial charge < -0.3 is 10.5 Å². The van der Waals surface area contributed by atoms with Gasteiger partial charge in [0.1, 0.15) is 5.75 Å². The van der Waals surface area contributed by atoms with Crippen LogP contribution in [0, 0.1) is 11.8 Å². The third kappa shape index (κ3) is 2.71. The number of benzene rings is 1. The highest BCUT2D eigenvalue weighted by atomic mass is 16.5. The van der Waals surface area contributed by atoms with Crippen LogP contribution >= 0.6 is 0 Å². The zero-order chi connectivity index (χ0) is 14.2. The predicted molar refractivity (Wildman–Crippen MR) is 83.0 cm³/mol. The Morgan fingerprint density at radius 1 is 1.25 bits per heavy atom. The van der Waals surface area contributed by atoms with Gasteiger partial charge in [-0.15, -0.1) is 0 Å². The average molecular weight is 273 g/mol. The molecule has 0 amide bonds. The second-order valence-electron chi connectivity index (χ2n) is 7.19. The Kier molecular flexibility index (Phi) is 3.76. The Balaban J connectivity index is 1.64. The van der Waals surface area contributed by atoms with Gasteiger partial charge in [-0.25, -0.2) is 0 Å². The molecule has 2 aliphatic rings. The lowest BCUT2D eigenvalue weighted by Crippen LogP contribution is -2.45. The fourth-order valence-electron chi connectivity index (χ4n) is 3.97. The second kappa shape index (κ2) is 5.40. The van der Waals surface area contributed by atoms with Crippen molar-refractivity contribution >= 4 is 0 Å². The zero-order valence-corrected chi connectivity index (χ0v) is 12.8. The van der Waals surface area contributed by atoms with Crippen molar-refractivity contribution in [2.45, 2.75) is 57.4 Å². The molecule has 1 unspecified atom stereocenters. The van der Waals surface area contributed by atoms with E-state index < -0.39 is 0 Å². The van der Waals surface area contributed by atoms with Gasteiger partial charge in [0.2, 0.25) is 0 Å². The molecule has 3 rings (SSSR count). The number of fused-ring (bicyclic) bond motifs is 1. The molecule has 1 atom stereocenters. The summed E-state index contributed by atoms with van der Waals surface area (Å²) in [5.74, 6) is 3.23. The molecule has 1 saturated carbocycles. The summed E-state index contributed by atoms with van der Waals surface area (Å²) in [6, 6.07) is 8.44. The van der Waals surface area contributed by atoms with Crippen LogP contribution in [0.25, 0.3) is 0 Å². The standard InChI is InChI=1S/C18H27NO/c1-13(2)14-7-9-18(19,10-8-14)11-15-12-20-17-6-4-3-5-16(15)17/h3-6,13-15H,7-12,19H2,1-2H3. The smallest absolute Gasteiger partial charge is 0.122 e. The highest BCUT2D eigenvalue weighted by Gasteiger charge is 2.37. The first-order chi connectivity index (χ1) is 9.57. The lowest BCUT2D eigenvalue weighted by atomic mass is 9.70. The van der Waals surface area contributed by atoms with Gasteiger partial charge in [-0.2, -0.15) is 0 Å². The maximum absolute atomic E-state index is 6.70. The van der Waals surface area contributed by atoms with Gasteiger partial charge in [-0.1, -0.05) is 32.0 Å². The Bertz CT molecular complexity index is 460. The molecule has 20 heavy (non-hydrogen) atoms. The zero-order valence-electron chi connectivity index (χ0n) is 12.8. The molecule has 1 heterocycles. The molecule has 0 aromatic heterocycles. The minimum absolute atomic E-state index is 0.0247. The molecule has 1 aliphatic heterocycles. The lowest BCUT2D eigenvalue weighted by molar-refractivity contribution is 0.173. The summed E-state index contributed by atoms with van der Waals surface area (Å²) in [5, 5.41) is 0. The highest BCUT2D eigenvalue weighted by molar-refractivity contribution is 5.39. The molecule has 2 N–H and O–H groups in total. The van der Waals surface area contributed by atoms with Crippen LogP contribution < -0.4 is 10.5 Å². The van der Waals surface area contributed by atoms with E-state index in [4.69, 9.17) is 10.5 Å². The maximum Gasteiger partial charge on any atom is 0.122 e. The third-order valence-corrected chi connectivity index (χ3v) is 5.42. The number of hydrogen-bond acceptors (Lipinski definition) is 2. The molecule has 110 valence electrons. The van der Waals surface area contributed by atoms with Crippen LogP contribution in [0.3, 0.4) is 0 Å². The Hall–Kier alpha value is -1.02. The van der Waals surface area contributed by atoms with Crippen LogP contribution in [0.4, 0.5) is 0 Å². The van der Waals surface area contributed by atoms with Gasteiger partial charge in [-0.3, -0.25) is 0 Å². The molecule has 0 bridgehead atoms. The number of rotatable bonds is 3. The van der Waals surface area contributed by atoms with Crippen LogP contribution in [0.5, 0.6) is 5.75 Å². The van der Waals surface area contributed by atoms with E-state index in [0.717, 1.165) is 30.6 Å². The van der Waals surface area contributed by atoms with Gasteiger partial charge in [0.15, 0.2) is 0 Å². The van der Waals surface area contributed by atoms with E-state index in [-0.39, 0.29) is 5.54 Å². The monoisotopic (exact) mass is 273 g/mol. The van der Waals surface area contributed by atoms with E-state index in [2.05, 4.69) is 32.0 Å². The van der Waals surface area contributed by atoms with Crippen LogP contribution in [-0.4, -0.2) is 12.1 Å². The van der Waals surface area contributed by atoms with Crippen molar-refractivity contribution in [2.24, 2.45) is 17.6 Å². The fourth-order valence-corrected chi connectivity index (χ4v) is 3.97. The minimum atomic E-state index is 0.0247. The molecule has 0 spiro atoms. The Morgan fingerprint density at radius 3 is 2.65 bits per heavy atom. The van der Waals surface area contributed by atoms with Crippen molar-refractivity contribution in [2.75, 3.05) is 6.61 Å². The summed E-state index contributed by atoms with van der Waals surface area (Å²) in [6.45, 7) is 5.50. The van der Waals surface area contributed by atoms with Crippen LogP contribution in [-0.2, 0) is 0 Å². The Labute approximate surface area is 122 Å². The molecule has 0 radical (unpaired) electrons. The molecule has 1 aromatic rings. The fraction of sp³-hybridized carbons (Fsp3) is 0.667. The van der Waals surface area contributed by atoms with Gasteiger partial charge >= 0.3 is 0 Å². The predicted octanol–water partition coefficient (Wildman–Crippen LogP) is 4.10. The normalized spacial score (nSPS) is 33.0. The SMILES string of the molecule is CC(C)C1CCC(N)(CC2COc3ccccc32)CC1. The summed E-state index contributed by atoms with van der Waals surface area (Å²) in [6.07, 6.45) is 6.02. The minimum Gasteiger partial charge on any atom is -0.493 e.